The molecule has 0 radical (unpaired) electrons. The highest BCUT2D eigenvalue weighted by Gasteiger charge is 2.27. The number of hydrogen-bond donors (Lipinski definition) is 1. The summed E-state index contributed by atoms with van der Waals surface area (Å²) in [7, 11) is -2.00. The normalized spacial score (nSPS) is 12.2. The fourth-order valence-corrected chi connectivity index (χ4v) is 5.55. The first kappa shape index (κ1) is 29.4. The van der Waals surface area contributed by atoms with Gasteiger partial charge in [-0.2, -0.15) is 0 Å². The molecule has 0 saturated carbocycles. The van der Waals surface area contributed by atoms with E-state index in [1.165, 1.54) is 42.4 Å². The van der Waals surface area contributed by atoms with Gasteiger partial charge in [-0.15, -0.1) is 11.3 Å². The van der Waals surface area contributed by atoms with Crippen molar-refractivity contribution in [1.29, 1.82) is 0 Å². The molecule has 0 aliphatic carbocycles. The zero-order chi connectivity index (χ0) is 27.9. The van der Waals surface area contributed by atoms with E-state index in [1.807, 2.05) is 0 Å². The van der Waals surface area contributed by atoms with Gasteiger partial charge in [-0.3, -0.25) is 9.59 Å². The van der Waals surface area contributed by atoms with Crippen LogP contribution in [0.2, 0.25) is 0 Å². The van der Waals surface area contributed by atoms with E-state index in [2.05, 4.69) is 4.98 Å². The Balaban J connectivity index is 1.80. The number of hydrogen-bond acceptors (Lipinski definition) is 8. The third kappa shape index (κ3) is 7.92. The fraction of sp³-hybridized carbons (Fsp3) is 0.370. The lowest BCUT2D eigenvalue weighted by Crippen LogP contribution is -2.35. The number of amides is 1. The van der Waals surface area contributed by atoms with Gasteiger partial charge in [0.25, 0.3) is 5.91 Å². The molecule has 11 heteroatoms. The van der Waals surface area contributed by atoms with Crippen molar-refractivity contribution in [1.82, 2.24) is 9.88 Å². The summed E-state index contributed by atoms with van der Waals surface area (Å²) in [6.07, 6.45) is -0.433. The number of methoxy groups -OCH3 is 1. The van der Waals surface area contributed by atoms with Crippen LogP contribution in [0.15, 0.2) is 48.5 Å². The number of nitrogens with zero attached hydrogens (tertiary/aromatic N) is 2. The quantitative estimate of drug-likeness (QED) is 0.314. The number of carbonyl (C=O) groups excluding carboxylic acids is 2. The summed E-state index contributed by atoms with van der Waals surface area (Å²) in [4.78, 5) is 32.3. The van der Waals surface area contributed by atoms with Crippen molar-refractivity contribution in [3.8, 4) is 5.75 Å². The van der Waals surface area contributed by atoms with Crippen LogP contribution in [0.1, 0.15) is 50.9 Å². The molecule has 204 valence electrons. The maximum atomic E-state index is 13.6. The van der Waals surface area contributed by atoms with E-state index >= 15 is 0 Å². The summed E-state index contributed by atoms with van der Waals surface area (Å²) < 4.78 is 42.5. The van der Waals surface area contributed by atoms with Crippen molar-refractivity contribution in [2.24, 2.45) is 0 Å². The highest BCUT2D eigenvalue weighted by Crippen LogP contribution is 2.24. The maximum absolute atomic E-state index is 13.6. The van der Waals surface area contributed by atoms with E-state index in [1.54, 1.807) is 43.3 Å². The van der Waals surface area contributed by atoms with Crippen molar-refractivity contribution in [3.63, 3.8) is 0 Å². The van der Waals surface area contributed by atoms with Gasteiger partial charge >= 0.3 is 0 Å². The molecular formula is C27H31FN2O6S2. The molecule has 0 bridgehead atoms. The number of ether oxygens (including phenoxy) is 1. The molecule has 0 unspecified atom stereocenters. The third-order valence-electron chi connectivity index (χ3n) is 5.98. The van der Waals surface area contributed by atoms with Gasteiger partial charge in [-0.1, -0.05) is 31.2 Å². The summed E-state index contributed by atoms with van der Waals surface area (Å²) >= 11 is 1.20. The van der Waals surface area contributed by atoms with Crippen LogP contribution in [-0.4, -0.2) is 60.3 Å². The second-order valence-electron chi connectivity index (χ2n) is 8.78. The van der Waals surface area contributed by atoms with Crippen molar-refractivity contribution in [2.75, 3.05) is 25.2 Å². The largest absolute Gasteiger partial charge is 0.497 e. The number of aromatic nitrogens is 1. The molecule has 1 aromatic heterocycles. The summed E-state index contributed by atoms with van der Waals surface area (Å²) in [5.74, 6) is -1.67. The van der Waals surface area contributed by atoms with Crippen LogP contribution in [-0.2, 0) is 27.6 Å². The van der Waals surface area contributed by atoms with E-state index in [4.69, 9.17) is 4.74 Å². The lowest BCUT2D eigenvalue weighted by Gasteiger charge is -2.25. The molecule has 0 aliphatic rings. The lowest BCUT2D eigenvalue weighted by molar-refractivity contribution is -0.141. The van der Waals surface area contributed by atoms with Gasteiger partial charge < -0.3 is 14.7 Å². The Morgan fingerprint density at radius 2 is 1.89 bits per heavy atom. The Hall–Kier alpha value is -3.15. The monoisotopic (exact) mass is 562 g/mol. The van der Waals surface area contributed by atoms with Gasteiger partial charge in [0, 0.05) is 17.2 Å². The van der Waals surface area contributed by atoms with Crippen LogP contribution in [0.4, 0.5) is 4.39 Å². The van der Waals surface area contributed by atoms with Crippen molar-refractivity contribution in [3.05, 3.63) is 81.1 Å². The predicted molar refractivity (Wildman–Crippen MR) is 144 cm³/mol. The summed E-state index contributed by atoms with van der Waals surface area (Å²) in [6, 6.07) is 12.7. The number of halogens is 1. The van der Waals surface area contributed by atoms with Gasteiger partial charge in [-0.25, -0.2) is 17.8 Å². The Morgan fingerprint density at radius 1 is 1.18 bits per heavy atom. The molecule has 0 saturated heterocycles. The molecule has 3 aromatic rings. The molecule has 1 atom stereocenters. The van der Waals surface area contributed by atoms with Crippen LogP contribution < -0.4 is 4.74 Å². The first-order chi connectivity index (χ1) is 18.0. The summed E-state index contributed by atoms with van der Waals surface area (Å²) in [5, 5.41) is 11.3. The first-order valence-electron chi connectivity index (χ1n) is 12.1. The molecule has 8 nitrogen and oxygen atoms in total. The van der Waals surface area contributed by atoms with Crippen molar-refractivity contribution >= 4 is 32.9 Å². The van der Waals surface area contributed by atoms with E-state index in [-0.39, 0.29) is 30.4 Å². The molecular weight excluding hydrogens is 531 g/mol. The Labute approximate surface area is 226 Å². The minimum Gasteiger partial charge on any atom is -0.497 e. The molecule has 1 amide bonds. The minimum absolute atomic E-state index is 0.0223. The zero-order valence-electron chi connectivity index (χ0n) is 21.5. The number of carbonyl (C=O) groups is 2. The predicted octanol–water partition coefficient (Wildman–Crippen LogP) is 3.91. The van der Waals surface area contributed by atoms with Crippen LogP contribution in [0.25, 0.3) is 0 Å². The Bertz CT molecular complexity index is 1370. The van der Waals surface area contributed by atoms with Gasteiger partial charge in [-0.05, 0) is 55.2 Å². The standard InChI is InChI=1S/C27H31FN2O6S2/c1-4-38(34,35)17-23(31)25-18(2)37-24(29-25)16-30(14-6-8-19-7-5-9-21(28)15-19)27(33)26(32)20-10-12-22(36-3)13-11-20/h5,7,9-13,15,26,32H,4,6,8,14,16-17H2,1-3H3/t26-/m1/s1. The number of sulfone groups is 1. The number of Topliss-reactive ketones (excluding diaryl/α,β-unsaturated/α-hetero) is 1. The molecule has 1 N–H and O–H groups in total. The molecule has 38 heavy (non-hydrogen) atoms. The first-order valence-corrected chi connectivity index (χ1v) is 14.7. The second-order valence-corrected chi connectivity index (χ2v) is 12.4. The van der Waals surface area contributed by atoms with Gasteiger partial charge in [0.1, 0.15) is 28.0 Å². The third-order valence-corrected chi connectivity index (χ3v) is 8.52. The zero-order valence-corrected chi connectivity index (χ0v) is 23.1. The number of benzene rings is 2. The number of thiazole rings is 1. The van der Waals surface area contributed by atoms with Crippen molar-refractivity contribution < 1.29 is 32.2 Å². The number of rotatable bonds is 13. The van der Waals surface area contributed by atoms with Crippen LogP contribution >= 0.6 is 11.3 Å². The Kier molecular flexibility index (Phi) is 10.1. The summed E-state index contributed by atoms with van der Waals surface area (Å²) in [6.45, 7) is 3.42. The average molecular weight is 563 g/mol. The second kappa shape index (κ2) is 13.1. The molecule has 0 spiro atoms. The topological polar surface area (TPSA) is 114 Å². The highest BCUT2D eigenvalue weighted by atomic mass is 32.2. The van der Waals surface area contributed by atoms with E-state index < -0.39 is 33.4 Å². The van der Waals surface area contributed by atoms with Gasteiger partial charge in [0.2, 0.25) is 0 Å². The summed E-state index contributed by atoms with van der Waals surface area (Å²) in [5.41, 5.74) is 1.25. The van der Waals surface area contributed by atoms with E-state index in [9.17, 15) is 27.5 Å². The fourth-order valence-electron chi connectivity index (χ4n) is 3.85. The number of ketones is 1. The van der Waals surface area contributed by atoms with Crippen LogP contribution in [0.5, 0.6) is 5.75 Å². The minimum atomic E-state index is -3.52. The highest BCUT2D eigenvalue weighted by molar-refractivity contribution is 7.92. The molecule has 3 rings (SSSR count). The van der Waals surface area contributed by atoms with Gasteiger partial charge in [0.15, 0.2) is 21.7 Å². The van der Waals surface area contributed by atoms with E-state index in [0.29, 0.717) is 34.0 Å². The number of aliphatic hydroxyl groups is 1. The molecule has 1 heterocycles. The molecule has 0 aliphatic heterocycles. The maximum Gasteiger partial charge on any atom is 0.256 e. The smallest absolute Gasteiger partial charge is 0.256 e. The van der Waals surface area contributed by atoms with Crippen LogP contribution in [0.3, 0.4) is 0 Å². The number of aryl methyl sites for hydroxylation is 2. The Morgan fingerprint density at radius 3 is 2.53 bits per heavy atom. The SMILES string of the molecule is CCS(=O)(=O)CC(=O)c1nc(CN(CCCc2cccc(F)c2)C(=O)[C@H](O)c2ccc(OC)cc2)sc1C. The van der Waals surface area contributed by atoms with Crippen molar-refractivity contribution in [2.45, 2.75) is 39.3 Å². The number of aliphatic hydroxyl groups excluding tert-OH is 1. The molecule has 0 fully saturated rings. The van der Waals surface area contributed by atoms with E-state index in [0.717, 1.165) is 5.56 Å². The molecule has 2 aromatic carbocycles. The van der Waals surface area contributed by atoms with Gasteiger partial charge in [0.05, 0.1) is 13.7 Å². The van der Waals surface area contributed by atoms with Crippen LogP contribution in [0, 0.1) is 12.7 Å². The average Bonchev–Trinajstić information content (AvgIpc) is 3.27. The lowest BCUT2D eigenvalue weighted by atomic mass is 10.1.